The molecule has 1 aliphatic heterocycles. The number of likely N-dealkylation sites (tertiary alicyclic amines) is 1. The second-order valence-electron chi connectivity index (χ2n) is 6.13. The van der Waals surface area contributed by atoms with E-state index >= 15 is 0 Å². The highest BCUT2D eigenvalue weighted by Crippen LogP contribution is 2.25. The average molecular weight is 318 g/mol. The van der Waals surface area contributed by atoms with Crippen molar-refractivity contribution in [2.24, 2.45) is 0 Å². The molecule has 1 aliphatic rings. The van der Waals surface area contributed by atoms with E-state index in [1.807, 2.05) is 6.92 Å². The molecule has 2 unspecified atom stereocenters. The third kappa shape index (κ3) is 3.79. The van der Waals surface area contributed by atoms with E-state index in [1.54, 1.807) is 18.3 Å². The maximum atomic E-state index is 13.0. The van der Waals surface area contributed by atoms with Crippen LogP contribution in [0.4, 0.5) is 4.39 Å². The number of hydrogen-bond acceptors (Lipinski definition) is 4. The van der Waals surface area contributed by atoms with Crippen LogP contribution < -0.4 is 0 Å². The molecule has 0 saturated carbocycles. The van der Waals surface area contributed by atoms with E-state index in [-0.39, 0.29) is 18.0 Å². The first-order valence-electron chi connectivity index (χ1n) is 8.30. The molecule has 2 aromatic rings. The Balaban J connectivity index is 1.71. The summed E-state index contributed by atoms with van der Waals surface area (Å²) in [4.78, 5) is 6.61. The lowest BCUT2D eigenvalue weighted by atomic mass is 9.96. The lowest BCUT2D eigenvalue weighted by Crippen LogP contribution is -2.46. The lowest BCUT2D eigenvalue weighted by Gasteiger charge is -2.37. The zero-order valence-electron chi connectivity index (χ0n) is 13.4. The fraction of sp³-hybridized carbons (Fsp3) is 0.500. The molecule has 124 valence electrons. The molecule has 2 heterocycles. The topological polar surface area (TPSA) is 49.5 Å². The van der Waals surface area contributed by atoms with Crippen molar-refractivity contribution >= 4 is 0 Å². The van der Waals surface area contributed by atoms with Crippen LogP contribution in [0, 0.1) is 5.82 Å². The lowest BCUT2D eigenvalue weighted by molar-refractivity contribution is 0.0155. The number of oxazole rings is 1. The highest BCUT2D eigenvalue weighted by Gasteiger charge is 2.28. The summed E-state index contributed by atoms with van der Waals surface area (Å²) in [7, 11) is 0. The van der Waals surface area contributed by atoms with Gasteiger partial charge in [0.05, 0.1) is 18.8 Å². The van der Waals surface area contributed by atoms with Gasteiger partial charge in [-0.2, -0.15) is 0 Å². The first kappa shape index (κ1) is 16.1. The van der Waals surface area contributed by atoms with Crippen LogP contribution in [-0.2, 0) is 6.54 Å². The van der Waals surface area contributed by atoms with Crippen molar-refractivity contribution in [1.82, 2.24) is 9.88 Å². The molecule has 0 aliphatic carbocycles. The minimum atomic E-state index is -0.304. The van der Waals surface area contributed by atoms with E-state index in [0.717, 1.165) is 37.8 Å². The summed E-state index contributed by atoms with van der Waals surface area (Å²) in [6.45, 7) is 3.56. The summed E-state index contributed by atoms with van der Waals surface area (Å²) in [6, 6.07) is 6.37. The zero-order valence-corrected chi connectivity index (χ0v) is 13.4. The maximum Gasteiger partial charge on any atom is 0.209 e. The van der Waals surface area contributed by atoms with Gasteiger partial charge in [-0.1, -0.05) is 13.3 Å². The number of benzene rings is 1. The van der Waals surface area contributed by atoms with Crippen LogP contribution in [-0.4, -0.2) is 33.7 Å². The van der Waals surface area contributed by atoms with E-state index in [0.29, 0.717) is 18.2 Å². The Morgan fingerprint density at radius 2 is 2.13 bits per heavy atom. The predicted molar refractivity (Wildman–Crippen MR) is 86.2 cm³/mol. The molecule has 2 atom stereocenters. The van der Waals surface area contributed by atoms with Crippen molar-refractivity contribution in [3.8, 4) is 11.3 Å². The van der Waals surface area contributed by atoms with Crippen LogP contribution in [0.5, 0.6) is 0 Å². The van der Waals surface area contributed by atoms with Crippen molar-refractivity contribution in [2.45, 2.75) is 51.3 Å². The molecular weight excluding hydrogens is 295 g/mol. The van der Waals surface area contributed by atoms with E-state index in [2.05, 4.69) is 9.88 Å². The molecule has 0 amide bonds. The van der Waals surface area contributed by atoms with Crippen LogP contribution in [0.2, 0.25) is 0 Å². The molecule has 0 radical (unpaired) electrons. The van der Waals surface area contributed by atoms with Gasteiger partial charge in [-0.3, -0.25) is 4.90 Å². The van der Waals surface area contributed by atoms with Crippen LogP contribution in [0.15, 0.2) is 34.9 Å². The summed E-state index contributed by atoms with van der Waals surface area (Å²) in [5.41, 5.74) is 0.814. The van der Waals surface area contributed by atoms with Gasteiger partial charge in [0.25, 0.3) is 0 Å². The molecule has 1 saturated heterocycles. The van der Waals surface area contributed by atoms with Crippen molar-refractivity contribution in [3.63, 3.8) is 0 Å². The molecule has 3 rings (SSSR count). The molecule has 0 spiro atoms. The van der Waals surface area contributed by atoms with Gasteiger partial charge in [-0.05, 0) is 50.1 Å². The number of halogens is 1. The maximum absolute atomic E-state index is 13.0. The number of hydrogen-bond donors (Lipinski definition) is 1. The molecule has 23 heavy (non-hydrogen) atoms. The minimum absolute atomic E-state index is 0.176. The minimum Gasteiger partial charge on any atom is -0.439 e. The predicted octanol–water partition coefficient (Wildman–Crippen LogP) is 3.61. The fourth-order valence-corrected chi connectivity index (χ4v) is 3.23. The Morgan fingerprint density at radius 3 is 2.87 bits per heavy atom. The Labute approximate surface area is 136 Å². The van der Waals surface area contributed by atoms with E-state index in [1.165, 1.54) is 12.1 Å². The first-order valence-corrected chi connectivity index (χ1v) is 8.30. The number of aliphatic hydroxyl groups excluding tert-OH is 1. The molecule has 4 nitrogen and oxygen atoms in total. The summed E-state index contributed by atoms with van der Waals surface area (Å²) >= 11 is 0. The standard InChI is InChI=1S/C18H23FN2O2/c1-2-16(22)15-5-3-4-10-21(15)12-18-20-11-17(23-18)13-6-8-14(19)9-7-13/h6-9,11,15-16,22H,2-5,10,12H2,1H3. The van der Waals surface area contributed by atoms with Gasteiger partial charge in [-0.15, -0.1) is 0 Å². The van der Waals surface area contributed by atoms with E-state index in [4.69, 9.17) is 4.42 Å². The van der Waals surface area contributed by atoms with Crippen molar-refractivity contribution in [1.29, 1.82) is 0 Å². The van der Waals surface area contributed by atoms with Gasteiger partial charge in [0.1, 0.15) is 5.82 Å². The summed E-state index contributed by atoms with van der Waals surface area (Å²) < 4.78 is 18.8. The SMILES string of the molecule is CCC(O)C1CCCCN1Cc1ncc(-c2ccc(F)cc2)o1. The number of piperidine rings is 1. The molecular formula is C18H23FN2O2. The Hall–Kier alpha value is -1.72. The third-order valence-corrected chi connectivity index (χ3v) is 4.55. The number of nitrogens with zero attached hydrogens (tertiary/aromatic N) is 2. The Morgan fingerprint density at radius 1 is 1.35 bits per heavy atom. The molecule has 5 heteroatoms. The van der Waals surface area contributed by atoms with Crippen LogP contribution in [0.1, 0.15) is 38.5 Å². The number of aliphatic hydroxyl groups is 1. The molecule has 1 aromatic carbocycles. The molecule has 1 fully saturated rings. The smallest absolute Gasteiger partial charge is 0.209 e. The third-order valence-electron chi connectivity index (χ3n) is 4.55. The quantitative estimate of drug-likeness (QED) is 0.915. The van der Waals surface area contributed by atoms with E-state index in [9.17, 15) is 9.50 Å². The number of rotatable bonds is 5. The number of aromatic nitrogens is 1. The van der Waals surface area contributed by atoms with Gasteiger partial charge >= 0.3 is 0 Å². The van der Waals surface area contributed by atoms with Gasteiger partial charge in [0.2, 0.25) is 5.89 Å². The van der Waals surface area contributed by atoms with Crippen molar-refractivity contribution in [2.75, 3.05) is 6.54 Å². The normalized spacial score (nSPS) is 20.6. The van der Waals surface area contributed by atoms with Crippen LogP contribution >= 0.6 is 0 Å². The van der Waals surface area contributed by atoms with Gasteiger partial charge in [0, 0.05) is 11.6 Å². The van der Waals surface area contributed by atoms with E-state index < -0.39 is 0 Å². The second kappa shape index (κ2) is 7.23. The fourth-order valence-electron chi connectivity index (χ4n) is 3.23. The van der Waals surface area contributed by atoms with Crippen LogP contribution in [0.25, 0.3) is 11.3 Å². The molecule has 0 bridgehead atoms. The average Bonchev–Trinajstić information content (AvgIpc) is 3.04. The summed E-state index contributed by atoms with van der Waals surface area (Å²) in [6.07, 6.45) is 5.44. The van der Waals surface area contributed by atoms with Crippen molar-refractivity contribution < 1.29 is 13.9 Å². The van der Waals surface area contributed by atoms with Gasteiger partial charge in [-0.25, -0.2) is 9.37 Å². The second-order valence-corrected chi connectivity index (χ2v) is 6.13. The molecule has 1 aromatic heterocycles. The highest BCUT2D eigenvalue weighted by atomic mass is 19.1. The zero-order chi connectivity index (χ0) is 16.2. The molecule has 1 N–H and O–H groups in total. The van der Waals surface area contributed by atoms with Gasteiger partial charge < -0.3 is 9.52 Å². The highest BCUT2D eigenvalue weighted by molar-refractivity contribution is 5.55. The summed E-state index contributed by atoms with van der Waals surface area (Å²) in [5.74, 6) is 1.02. The largest absolute Gasteiger partial charge is 0.439 e. The Bertz CT molecular complexity index is 626. The van der Waals surface area contributed by atoms with Gasteiger partial charge in [0.15, 0.2) is 5.76 Å². The first-order chi connectivity index (χ1) is 11.2. The van der Waals surface area contributed by atoms with Crippen molar-refractivity contribution in [3.05, 3.63) is 42.2 Å². The summed E-state index contributed by atoms with van der Waals surface area (Å²) in [5, 5.41) is 10.2. The Kier molecular flexibility index (Phi) is 5.08. The van der Waals surface area contributed by atoms with Crippen LogP contribution in [0.3, 0.4) is 0 Å². The monoisotopic (exact) mass is 318 g/mol.